The van der Waals surface area contributed by atoms with Crippen LogP contribution in [0, 0.1) is 24.0 Å². The molecule has 0 bridgehead atoms. The van der Waals surface area contributed by atoms with Crippen molar-refractivity contribution in [2.45, 2.75) is 13.8 Å². The Bertz CT molecular complexity index is 1100. The summed E-state index contributed by atoms with van der Waals surface area (Å²) in [5, 5.41) is 11.4. The predicted molar refractivity (Wildman–Crippen MR) is 98.3 cm³/mol. The Morgan fingerprint density at radius 1 is 1.24 bits per heavy atom. The molecule has 2 aromatic carbocycles. The summed E-state index contributed by atoms with van der Waals surface area (Å²) in [6.45, 7) is 3.98. The highest BCUT2D eigenvalue weighted by Gasteiger charge is 2.20. The fraction of sp³-hybridized carbons (Fsp3) is 0.176. The van der Waals surface area contributed by atoms with E-state index in [1.54, 1.807) is 0 Å². The Balaban J connectivity index is 2.22. The third-order valence-electron chi connectivity index (χ3n) is 3.93. The van der Waals surface area contributed by atoms with Crippen LogP contribution in [-0.2, 0) is 7.05 Å². The number of nitro benzene ring substituents is 1. The third kappa shape index (κ3) is 3.08. The van der Waals surface area contributed by atoms with Crippen molar-refractivity contribution in [3.8, 4) is 0 Å². The first kappa shape index (κ1) is 17.3. The molecule has 3 aromatic rings. The summed E-state index contributed by atoms with van der Waals surface area (Å²) in [5.74, 6) is -0.688. The van der Waals surface area contributed by atoms with E-state index in [1.807, 2.05) is 37.6 Å². The van der Waals surface area contributed by atoms with Crippen LogP contribution in [-0.4, -0.2) is 15.4 Å². The van der Waals surface area contributed by atoms with Gasteiger partial charge in [0.25, 0.3) is 11.6 Å². The monoisotopic (exact) mass is 375 g/mol. The molecule has 25 heavy (non-hydrogen) atoms. The molecule has 0 aliphatic rings. The standard InChI is InChI=1S/C17H14ClN3O3S/c1-9-4-5-10(2)15-14(9)20(3)17(25-15)19-16(22)12-8-11(18)6-7-13(12)21(23)24/h4-8H,1-3H3. The summed E-state index contributed by atoms with van der Waals surface area (Å²) in [7, 11) is 1.82. The summed E-state index contributed by atoms with van der Waals surface area (Å²) in [6, 6.07) is 7.89. The lowest BCUT2D eigenvalue weighted by molar-refractivity contribution is -0.385. The second kappa shape index (κ2) is 6.42. The molecule has 0 saturated heterocycles. The summed E-state index contributed by atoms with van der Waals surface area (Å²) < 4.78 is 2.87. The number of carbonyl (C=O) groups excluding carboxylic acids is 1. The maximum Gasteiger partial charge on any atom is 0.286 e. The molecule has 3 rings (SSSR count). The number of amides is 1. The van der Waals surface area contributed by atoms with Crippen LogP contribution in [0.4, 0.5) is 5.69 Å². The van der Waals surface area contributed by atoms with Gasteiger partial charge in [0.05, 0.1) is 15.1 Å². The van der Waals surface area contributed by atoms with E-state index < -0.39 is 10.8 Å². The molecule has 0 atom stereocenters. The maximum atomic E-state index is 12.6. The smallest absolute Gasteiger partial charge is 0.286 e. The average Bonchev–Trinajstić information content (AvgIpc) is 2.88. The van der Waals surface area contributed by atoms with Gasteiger partial charge in [-0.3, -0.25) is 14.9 Å². The van der Waals surface area contributed by atoms with Gasteiger partial charge in [-0.05, 0) is 37.1 Å². The first-order chi connectivity index (χ1) is 11.8. The Hall–Kier alpha value is -2.51. The molecule has 0 N–H and O–H groups in total. The predicted octanol–water partition coefficient (Wildman–Crippen LogP) is 4.16. The van der Waals surface area contributed by atoms with E-state index in [4.69, 9.17) is 11.6 Å². The van der Waals surface area contributed by atoms with Crippen molar-refractivity contribution in [2.75, 3.05) is 0 Å². The zero-order chi connectivity index (χ0) is 18.3. The molecular formula is C17H14ClN3O3S. The second-order valence-corrected chi connectivity index (χ2v) is 7.07. The molecule has 0 unspecified atom stereocenters. The average molecular weight is 376 g/mol. The number of benzene rings is 2. The second-order valence-electron chi connectivity index (χ2n) is 5.66. The van der Waals surface area contributed by atoms with E-state index in [0.29, 0.717) is 4.80 Å². The molecule has 0 radical (unpaired) electrons. The van der Waals surface area contributed by atoms with E-state index in [0.717, 1.165) is 21.3 Å². The van der Waals surface area contributed by atoms with Gasteiger partial charge >= 0.3 is 0 Å². The van der Waals surface area contributed by atoms with Crippen LogP contribution in [0.15, 0.2) is 35.3 Å². The minimum Gasteiger partial charge on any atom is -0.319 e. The third-order valence-corrected chi connectivity index (χ3v) is 5.43. The highest BCUT2D eigenvalue weighted by molar-refractivity contribution is 7.16. The van der Waals surface area contributed by atoms with Gasteiger partial charge < -0.3 is 4.57 Å². The molecule has 128 valence electrons. The summed E-state index contributed by atoms with van der Waals surface area (Å²) in [5.41, 5.74) is 2.72. The first-order valence-electron chi connectivity index (χ1n) is 7.38. The topological polar surface area (TPSA) is 77.5 Å². The normalized spacial score (nSPS) is 11.9. The molecule has 1 aromatic heterocycles. The number of rotatable bonds is 2. The van der Waals surface area contributed by atoms with Gasteiger partial charge in [0.1, 0.15) is 5.56 Å². The summed E-state index contributed by atoms with van der Waals surface area (Å²) >= 11 is 7.27. The van der Waals surface area contributed by atoms with Crippen LogP contribution in [0.5, 0.6) is 0 Å². The number of carbonyl (C=O) groups is 1. The van der Waals surface area contributed by atoms with Crippen molar-refractivity contribution in [1.29, 1.82) is 0 Å². The van der Waals surface area contributed by atoms with Crippen LogP contribution in [0.2, 0.25) is 5.02 Å². The molecule has 0 fully saturated rings. The number of fused-ring (bicyclic) bond motifs is 1. The van der Waals surface area contributed by atoms with Crippen molar-refractivity contribution in [1.82, 2.24) is 4.57 Å². The lowest BCUT2D eigenvalue weighted by Gasteiger charge is -2.02. The number of thiazole rings is 1. The summed E-state index contributed by atoms with van der Waals surface area (Å²) in [6.07, 6.45) is 0. The Kier molecular flexibility index (Phi) is 4.45. The number of halogens is 1. The molecule has 6 nitrogen and oxygen atoms in total. The molecule has 8 heteroatoms. The van der Waals surface area contributed by atoms with Crippen molar-refractivity contribution in [2.24, 2.45) is 12.0 Å². The van der Waals surface area contributed by atoms with Gasteiger partial charge in [0, 0.05) is 18.1 Å². The van der Waals surface area contributed by atoms with Gasteiger partial charge in [0.2, 0.25) is 0 Å². The van der Waals surface area contributed by atoms with Crippen LogP contribution in [0.1, 0.15) is 21.5 Å². The molecular weight excluding hydrogens is 362 g/mol. The van der Waals surface area contributed by atoms with Crippen LogP contribution >= 0.6 is 22.9 Å². The van der Waals surface area contributed by atoms with E-state index in [1.165, 1.54) is 29.5 Å². The van der Waals surface area contributed by atoms with Crippen molar-refractivity contribution < 1.29 is 9.72 Å². The van der Waals surface area contributed by atoms with Gasteiger partial charge in [-0.1, -0.05) is 35.1 Å². The van der Waals surface area contributed by atoms with Crippen molar-refractivity contribution in [3.63, 3.8) is 0 Å². The van der Waals surface area contributed by atoms with Gasteiger partial charge in [-0.2, -0.15) is 4.99 Å². The number of hydrogen-bond acceptors (Lipinski definition) is 4. The molecule has 0 saturated carbocycles. The van der Waals surface area contributed by atoms with Crippen molar-refractivity contribution in [3.05, 3.63) is 67.0 Å². The van der Waals surface area contributed by atoms with Gasteiger partial charge in [-0.15, -0.1) is 0 Å². The fourth-order valence-corrected chi connectivity index (χ4v) is 3.99. The number of aromatic nitrogens is 1. The van der Waals surface area contributed by atoms with Crippen LogP contribution in [0.25, 0.3) is 10.2 Å². The van der Waals surface area contributed by atoms with Crippen LogP contribution < -0.4 is 4.80 Å². The maximum absolute atomic E-state index is 12.6. The van der Waals surface area contributed by atoms with E-state index in [-0.39, 0.29) is 16.3 Å². The Morgan fingerprint density at radius 2 is 1.92 bits per heavy atom. The van der Waals surface area contributed by atoms with Gasteiger partial charge in [0.15, 0.2) is 4.80 Å². The van der Waals surface area contributed by atoms with E-state index in [2.05, 4.69) is 4.99 Å². The molecule has 0 aliphatic carbocycles. The molecule has 0 spiro atoms. The zero-order valence-corrected chi connectivity index (χ0v) is 15.3. The highest BCUT2D eigenvalue weighted by Crippen LogP contribution is 2.25. The number of hydrogen-bond donors (Lipinski definition) is 0. The number of nitro groups is 1. The Labute approximate surface area is 152 Å². The van der Waals surface area contributed by atoms with Crippen molar-refractivity contribution >= 4 is 44.7 Å². The minimum atomic E-state index is -0.688. The van der Waals surface area contributed by atoms with E-state index in [9.17, 15) is 14.9 Å². The van der Waals surface area contributed by atoms with Crippen LogP contribution in [0.3, 0.4) is 0 Å². The van der Waals surface area contributed by atoms with Gasteiger partial charge in [-0.25, -0.2) is 0 Å². The fourth-order valence-electron chi connectivity index (χ4n) is 2.66. The van der Waals surface area contributed by atoms with E-state index >= 15 is 0 Å². The molecule has 1 amide bonds. The first-order valence-corrected chi connectivity index (χ1v) is 8.57. The molecule has 0 aliphatic heterocycles. The quantitative estimate of drug-likeness (QED) is 0.498. The number of aryl methyl sites for hydroxylation is 3. The summed E-state index contributed by atoms with van der Waals surface area (Å²) in [4.78, 5) is 27.7. The SMILES string of the molecule is Cc1ccc(C)c2c1sc(=NC(=O)c1cc(Cl)ccc1[N+](=O)[O-])n2C. The lowest BCUT2D eigenvalue weighted by atomic mass is 10.1. The largest absolute Gasteiger partial charge is 0.319 e. The number of nitrogens with zero attached hydrogens (tertiary/aromatic N) is 3. The zero-order valence-electron chi connectivity index (χ0n) is 13.7. The lowest BCUT2D eigenvalue weighted by Crippen LogP contribution is -2.14. The molecule has 1 heterocycles. The highest BCUT2D eigenvalue weighted by atomic mass is 35.5. The Morgan fingerprint density at radius 3 is 2.56 bits per heavy atom. The minimum absolute atomic E-state index is 0.122.